The first-order chi connectivity index (χ1) is 16.9. The Morgan fingerprint density at radius 2 is 1.74 bits per heavy atom. The quantitative estimate of drug-likeness (QED) is 0.344. The van der Waals surface area contributed by atoms with Crippen molar-refractivity contribution in [1.29, 1.82) is 0 Å². The van der Waals surface area contributed by atoms with Crippen molar-refractivity contribution in [2.45, 2.75) is 19.4 Å². The van der Waals surface area contributed by atoms with Crippen LogP contribution in [0.2, 0.25) is 5.02 Å². The summed E-state index contributed by atoms with van der Waals surface area (Å²) in [6, 6.07) is 15.5. The lowest BCUT2D eigenvalue weighted by atomic mass is 9.98. The summed E-state index contributed by atoms with van der Waals surface area (Å²) in [6.45, 7) is 2.71. The molecule has 1 aliphatic heterocycles. The number of halogens is 1. The number of rotatable bonds is 8. The molecular formula is C26H26ClN3O5. The number of methoxy groups -OCH3 is 2. The summed E-state index contributed by atoms with van der Waals surface area (Å²) < 4.78 is 10.9. The molecule has 0 spiro atoms. The topological polar surface area (TPSA) is 93.9 Å². The highest BCUT2D eigenvalue weighted by atomic mass is 35.5. The van der Waals surface area contributed by atoms with Crippen LogP contribution in [0.1, 0.15) is 27.0 Å². The molecule has 9 heteroatoms. The number of nitro benzene ring substituents is 1. The molecule has 182 valence electrons. The Morgan fingerprint density at radius 1 is 1.06 bits per heavy atom. The van der Waals surface area contributed by atoms with Gasteiger partial charge in [0.15, 0.2) is 11.5 Å². The molecule has 1 N–H and O–H groups in total. The molecule has 4 rings (SSSR count). The molecule has 0 radical (unpaired) electrons. The number of nitro groups is 1. The number of carbonyl (C=O) groups is 1. The third kappa shape index (κ3) is 5.72. The molecule has 0 aromatic heterocycles. The number of nitrogens with one attached hydrogen (secondary N) is 1. The van der Waals surface area contributed by atoms with Crippen LogP contribution in [0.3, 0.4) is 0 Å². The second kappa shape index (κ2) is 10.8. The van der Waals surface area contributed by atoms with Crippen LogP contribution < -0.4 is 14.8 Å². The van der Waals surface area contributed by atoms with Crippen molar-refractivity contribution in [3.8, 4) is 11.5 Å². The zero-order valence-corrected chi connectivity index (χ0v) is 20.3. The second-order valence-electron chi connectivity index (χ2n) is 8.32. The Morgan fingerprint density at radius 3 is 2.40 bits per heavy atom. The number of fused-ring (bicyclic) bond motifs is 1. The predicted molar refractivity (Wildman–Crippen MR) is 135 cm³/mol. The summed E-state index contributed by atoms with van der Waals surface area (Å²) in [7, 11) is 3.30. The SMILES string of the molecule is COc1cc2c(cc1OC)CN(CCc1ccc(NC(=O)c3cc(Cl)ccc3[N+](=O)[O-])cc1)CC2. The first kappa shape index (κ1) is 24.5. The van der Waals surface area contributed by atoms with Crippen LogP contribution in [0.15, 0.2) is 54.6 Å². The van der Waals surface area contributed by atoms with Crippen molar-refractivity contribution in [1.82, 2.24) is 4.90 Å². The number of benzene rings is 3. The Labute approximate surface area is 208 Å². The molecule has 1 aliphatic rings. The molecule has 0 aliphatic carbocycles. The van der Waals surface area contributed by atoms with Crippen molar-refractivity contribution >= 4 is 28.9 Å². The minimum Gasteiger partial charge on any atom is -0.493 e. The molecule has 0 unspecified atom stereocenters. The standard InChI is InChI=1S/C26H26ClN3O5/c1-34-24-13-18-10-12-29(16-19(18)14-25(24)35-2)11-9-17-3-6-21(7-4-17)28-26(31)22-15-20(27)5-8-23(22)30(32)33/h3-8,13-15H,9-12,16H2,1-2H3,(H,28,31). The lowest BCUT2D eigenvalue weighted by molar-refractivity contribution is -0.385. The monoisotopic (exact) mass is 495 g/mol. The number of nitrogens with zero attached hydrogens (tertiary/aromatic N) is 2. The van der Waals surface area contributed by atoms with Crippen molar-refractivity contribution in [3.63, 3.8) is 0 Å². The maximum atomic E-state index is 12.6. The van der Waals surface area contributed by atoms with Gasteiger partial charge in [-0.1, -0.05) is 23.7 Å². The van der Waals surface area contributed by atoms with Crippen molar-refractivity contribution in [2.75, 3.05) is 32.6 Å². The Bertz CT molecular complexity index is 1250. The van der Waals surface area contributed by atoms with Gasteiger partial charge in [0.1, 0.15) is 5.56 Å². The molecule has 3 aromatic rings. The molecule has 8 nitrogen and oxygen atoms in total. The number of anilines is 1. The summed E-state index contributed by atoms with van der Waals surface area (Å²) in [6.07, 6.45) is 1.81. The van der Waals surface area contributed by atoms with Gasteiger partial charge in [-0.2, -0.15) is 0 Å². The van der Waals surface area contributed by atoms with Gasteiger partial charge in [0.2, 0.25) is 0 Å². The average Bonchev–Trinajstić information content (AvgIpc) is 2.87. The van der Waals surface area contributed by atoms with Crippen LogP contribution in [0, 0.1) is 10.1 Å². The zero-order chi connectivity index (χ0) is 24.9. The summed E-state index contributed by atoms with van der Waals surface area (Å²) in [4.78, 5) is 25.6. The highest BCUT2D eigenvalue weighted by Gasteiger charge is 2.21. The molecule has 35 heavy (non-hydrogen) atoms. The Kier molecular flexibility index (Phi) is 7.53. The van der Waals surface area contributed by atoms with Crippen molar-refractivity contribution in [2.24, 2.45) is 0 Å². The van der Waals surface area contributed by atoms with E-state index in [1.54, 1.807) is 26.4 Å². The van der Waals surface area contributed by atoms with Gasteiger partial charge < -0.3 is 14.8 Å². The van der Waals surface area contributed by atoms with Crippen LogP contribution >= 0.6 is 11.6 Å². The van der Waals surface area contributed by atoms with Crippen molar-refractivity contribution in [3.05, 3.63) is 92.0 Å². The van der Waals surface area contributed by atoms with E-state index in [0.717, 1.165) is 49.5 Å². The molecule has 0 atom stereocenters. The fourth-order valence-electron chi connectivity index (χ4n) is 4.22. The minimum atomic E-state index is -0.597. The third-order valence-electron chi connectivity index (χ3n) is 6.13. The van der Waals surface area contributed by atoms with E-state index in [4.69, 9.17) is 21.1 Å². The Balaban J connectivity index is 1.35. The maximum absolute atomic E-state index is 12.6. The van der Waals surface area contributed by atoms with Crippen molar-refractivity contribution < 1.29 is 19.2 Å². The molecule has 1 heterocycles. The molecular weight excluding hydrogens is 470 g/mol. The van der Waals surface area contributed by atoms with Gasteiger partial charge in [-0.15, -0.1) is 0 Å². The van der Waals surface area contributed by atoms with Crippen LogP contribution in [0.4, 0.5) is 11.4 Å². The summed E-state index contributed by atoms with van der Waals surface area (Å²) in [5, 5.41) is 14.2. The lowest BCUT2D eigenvalue weighted by Gasteiger charge is -2.29. The number of ether oxygens (including phenoxy) is 2. The first-order valence-corrected chi connectivity index (χ1v) is 11.6. The second-order valence-corrected chi connectivity index (χ2v) is 8.76. The van der Waals surface area contributed by atoms with Gasteiger partial charge in [-0.05, 0) is 65.9 Å². The highest BCUT2D eigenvalue weighted by Crippen LogP contribution is 2.33. The number of carbonyl (C=O) groups excluding carboxylic acids is 1. The zero-order valence-electron chi connectivity index (χ0n) is 19.5. The molecule has 0 saturated carbocycles. The van der Waals surface area contributed by atoms with Crippen LogP contribution in [-0.2, 0) is 19.4 Å². The summed E-state index contributed by atoms with van der Waals surface area (Å²) >= 11 is 5.93. The van der Waals surface area contributed by atoms with E-state index < -0.39 is 10.8 Å². The lowest BCUT2D eigenvalue weighted by Crippen LogP contribution is -2.32. The van der Waals surface area contributed by atoms with Gasteiger partial charge in [0, 0.05) is 36.4 Å². The number of hydrogen-bond acceptors (Lipinski definition) is 6. The van der Waals surface area contributed by atoms with E-state index in [2.05, 4.69) is 22.3 Å². The average molecular weight is 496 g/mol. The molecule has 0 fully saturated rings. The summed E-state index contributed by atoms with van der Waals surface area (Å²) in [5.41, 5.74) is 3.87. The highest BCUT2D eigenvalue weighted by molar-refractivity contribution is 6.31. The van der Waals surface area contributed by atoms with Gasteiger partial charge in [-0.25, -0.2) is 0 Å². The van der Waals surface area contributed by atoms with E-state index in [-0.39, 0.29) is 16.3 Å². The third-order valence-corrected chi connectivity index (χ3v) is 6.36. The fourth-order valence-corrected chi connectivity index (χ4v) is 4.39. The predicted octanol–water partition coefficient (Wildman–Crippen LogP) is 5.12. The van der Waals surface area contributed by atoms with Gasteiger partial charge in [0.05, 0.1) is 19.1 Å². The Hall–Kier alpha value is -3.62. The van der Waals surface area contributed by atoms with E-state index in [1.807, 2.05) is 12.1 Å². The first-order valence-electron chi connectivity index (χ1n) is 11.2. The summed E-state index contributed by atoms with van der Waals surface area (Å²) in [5.74, 6) is 0.927. The van der Waals surface area contributed by atoms with Crippen LogP contribution in [-0.4, -0.2) is 43.0 Å². The smallest absolute Gasteiger partial charge is 0.282 e. The molecule has 0 saturated heterocycles. The van der Waals surface area contributed by atoms with E-state index in [9.17, 15) is 14.9 Å². The molecule has 3 aromatic carbocycles. The largest absolute Gasteiger partial charge is 0.493 e. The number of hydrogen-bond donors (Lipinski definition) is 1. The molecule has 1 amide bonds. The maximum Gasteiger partial charge on any atom is 0.282 e. The number of amides is 1. The minimum absolute atomic E-state index is 0.0776. The molecule has 0 bridgehead atoms. The van der Waals surface area contributed by atoms with Crippen LogP contribution in [0.25, 0.3) is 0 Å². The van der Waals surface area contributed by atoms with Gasteiger partial charge >= 0.3 is 0 Å². The van der Waals surface area contributed by atoms with Crippen LogP contribution in [0.5, 0.6) is 11.5 Å². The van der Waals surface area contributed by atoms with E-state index in [1.165, 1.54) is 29.3 Å². The van der Waals surface area contributed by atoms with Gasteiger partial charge in [-0.3, -0.25) is 19.8 Å². The normalized spacial score (nSPS) is 13.1. The van der Waals surface area contributed by atoms with Gasteiger partial charge in [0.25, 0.3) is 11.6 Å². The van der Waals surface area contributed by atoms with E-state index >= 15 is 0 Å². The fraction of sp³-hybridized carbons (Fsp3) is 0.269. The van der Waals surface area contributed by atoms with E-state index in [0.29, 0.717) is 5.69 Å².